The first kappa shape index (κ1) is 18.8. The van der Waals surface area contributed by atoms with E-state index in [2.05, 4.69) is 10.5 Å². The molecule has 0 radical (unpaired) electrons. The lowest BCUT2D eigenvalue weighted by Gasteiger charge is -2.41. The predicted octanol–water partition coefficient (Wildman–Crippen LogP) is 3.82. The lowest BCUT2D eigenvalue weighted by Crippen LogP contribution is -2.55. The Labute approximate surface area is 174 Å². The molecule has 0 bridgehead atoms. The molecule has 0 spiro atoms. The molecule has 1 atom stereocenters. The number of aromatic nitrogens is 1. The van der Waals surface area contributed by atoms with Crippen LogP contribution in [0, 0.1) is 13.8 Å². The van der Waals surface area contributed by atoms with Crippen LogP contribution >= 0.6 is 0 Å². The molecule has 2 aliphatic heterocycles. The normalized spacial score (nSPS) is 21.5. The maximum atomic E-state index is 13.6. The van der Waals surface area contributed by atoms with Gasteiger partial charge in [-0.2, -0.15) is 0 Å². The highest BCUT2D eigenvalue weighted by molar-refractivity contribution is 6.09. The first-order chi connectivity index (χ1) is 14.5. The summed E-state index contributed by atoms with van der Waals surface area (Å²) in [7, 11) is 0. The van der Waals surface area contributed by atoms with Crippen LogP contribution in [0.2, 0.25) is 0 Å². The van der Waals surface area contributed by atoms with Crippen molar-refractivity contribution in [1.82, 2.24) is 10.1 Å². The fourth-order valence-electron chi connectivity index (χ4n) is 4.93. The molecule has 1 fully saturated rings. The molecule has 1 saturated heterocycles. The smallest absolute Gasteiger partial charge is 0.254 e. The summed E-state index contributed by atoms with van der Waals surface area (Å²) in [5, 5.41) is 7.15. The molecule has 2 aliphatic rings. The Morgan fingerprint density at radius 3 is 2.60 bits per heavy atom. The van der Waals surface area contributed by atoms with Crippen molar-refractivity contribution in [3.63, 3.8) is 0 Å². The lowest BCUT2D eigenvalue weighted by atomic mass is 9.80. The third-order valence-corrected chi connectivity index (χ3v) is 6.22. The maximum absolute atomic E-state index is 13.6. The molecule has 152 valence electrons. The molecular weight excluding hydrogens is 378 g/mol. The van der Waals surface area contributed by atoms with Gasteiger partial charge in [0.1, 0.15) is 11.5 Å². The molecule has 1 amide bonds. The van der Waals surface area contributed by atoms with Crippen LogP contribution < -0.4 is 5.32 Å². The van der Waals surface area contributed by atoms with Crippen LogP contribution in [0.3, 0.4) is 0 Å². The Morgan fingerprint density at radius 1 is 1.10 bits per heavy atom. The Kier molecular flexibility index (Phi) is 4.33. The van der Waals surface area contributed by atoms with E-state index in [1.807, 2.05) is 67.3 Å². The minimum absolute atomic E-state index is 0.116. The van der Waals surface area contributed by atoms with Crippen molar-refractivity contribution in [3.05, 3.63) is 71.1 Å². The van der Waals surface area contributed by atoms with Gasteiger partial charge in [0.2, 0.25) is 0 Å². The van der Waals surface area contributed by atoms with Crippen LogP contribution in [0.4, 0.5) is 5.69 Å². The first-order valence-electron chi connectivity index (χ1n) is 10.2. The monoisotopic (exact) mass is 401 g/mol. The number of carbonyl (C=O) groups is 2. The summed E-state index contributed by atoms with van der Waals surface area (Å²) < 4.78 is 5.37. The van der Waals surface area contributed by atoms with E-state index < -0.39 is 5.54 Å². The fraction of sp³-hybridized carbons (Fsp3) is 0.292. The van der Waals surface area contributed by atoms with E-state index in [0.717, 1.165) is 45.8 Å². The van der Waals surface area contributed by atoms with E-state index in [1.165, 1.54) is 0 Å². The molecule has 2 aromatic carbocycles. The number of anilines is 1. The van der Waals surface area contributed by atoms with Gasteiger partial charge in [-0.15, -0.1) is 0 Å². The van der Waals surface area contributed by atoms with Crippen LogP contribution in [0.15, 0.2) is 53.1 Å². The first-order valence-corrected chi connectivity index (χ1v) is 10.2. The van der Waals surface area contributed by atoms with Crippen LogP contribution in [0.1, 0.15) is 35.4 Å². The Balaban J connectivity index is 1.76. The largest absolute Gasteiger partial charge is 0.361 e. The standard InChI is InChI=1S/C24H23N3O3/c1-15-22(16(2)30-26-15)17-10-11-21-20(13-17)24(23(29)25-21,18-7-4-3-5-8-18)27-12-6-9-19(28)14-27/h3-5,7-8,10-11,13H,6,9,12,14H2,1-2H3,(H,25,29). The quantitative estimate of drug-likeness (QED) is 0.722. The van der Waals surface area contributed by atoms with Gasteiger partial charge in [-0.3, -0.25) is 14.5 Å². The molecule has 6 heteroatoms. The zero-order valence-corrected chi connectivity index (χ0v) is 17.1. The lowest BCUT2D eigenvalue weighted by molar-refractivity contribution is -0.130. The molecule has 0 aliphatic carbocycles. The summed E-state index contributed by atoms with van der Waals surface area (Å²) in [5.74, 6) is 0.789. The van der Waals surface area contributed by atoms with Gasteiger partial charge in [0.05, 0.1) is 12.2 Å². The van der Waals surface area contributed by atoms with Gasteiger partial charge in [0.25, 0.3) is 5.91 Å². The van der Waals surface area contributed by atoms with E-state index in [0.29, 0.717) is 13.0 Å². The summed E-state index contributed by atoms with van der Waals surface area (Å²) in [6, 6.07) is 15.7. The third kappa shape index (κ3) is 2.64. The van der Waals surface area contributed by atoms with Gasteiger partial charge >= 0.3 is 0 Å². The van der Waals surface area contributed by atoms with Crippen molar-refractivity contribution >= 4 is 17.4 Å². The van der Waals surface area contributed by atoms with Gasteiger partial charge in [0, 0.05) is 29.8 Å². The van der Waals surface area contributed by atoms with Gasteiger partial charge in [-0.05, 0) is 43.5 Å². The van der Waals surface area contributed by atoms with Crippen LogP contribution in [-0.2, 0) is 15.1 Å². The number of ketones is 1. The average Bonchev–Trinajstić information content (AvgIpc) is 3.24. The Bertz CT molecular complexity index is 1130. The van der Waals surface area contributed by atoms with Crippen LogP contribution in [0.25, 0.3) is 11.1 Å². The third-order valence-electron chi connectivity index (χ3n) is 6.22. The zero-order valence-electron chi connectivity index (χ0n) is 17.1. The van der Waals surface area contributed by atoms with Crippen molar-refractivity contribution < 1.29 is 14.1 Å². The maximum Gasteiger partial charge on any atom is 0.254 e. The number of amides is 1. The molecule has 1 aromatic heterocycles. The predicted molar refractivity (Wildman–Crippen MR) is 113 cm³/mol. The van der Waals surface area contributed by atoms with E-state index in [9.17, 15) is 9.59 Å². The van der Waals surface area contributed by atoms with Crippen molar-refractivity contribution in [1.29, 1.82) is 0 Å². The number of hydrogen-bond donors (Lipinski definition) is 1. The highest BCUT2D eigenvalue weighted by Gasteiger charge is 2.53. The van der Waals surface area contributed by atoms with Crippen LogP contribution in [0.5, 0.6) is 0 Å². The topological polar surface area (TPSA) is 75.4 Å². The number of nitrogens with one attached hydrogen (secondary N) is 1. The molecule has 3 heterocycles. The summed E-state index contributed by atoms with van der Waals surface area (Å²) >= 11 is 0. The van der Waals surface area contributed by atoms with E-state index >= 15 is 0 Å². The summed E-state index contributed by atoms with van der Waals surface area (Å²) in [4.78, 5) is 28.0. The number of Topliss-reactive ketones (excluding diaryl/α,β-unsaturated/α-hetero) is 1. The van der Waals surface area contributed by atoms with Crippen molar-refractivity contribution in [2.24, 2.45) is 0 Å². The second kappa shape index (κ2) is 6.92. The number of nitrogens with zero attached hydrogens (tertiary/aromatic N) is 2. The molecule has 3 aromatic rings. The van der Waals surface area contributed by atoms with Gasteiger partial charge in [0.15, 0.2) is 5.54 Å². The van der Waals surface area contributed by atoms with Crippen LogP contribution in [-0.4, -0.2) is 34.8 Å². The van der Waals surface area contributed by atoms with E-state index in [-0.39, 0.29) is 18.2 Å². The number of rotatable bonds is 3. The highest BCUT2D eigenvalue weighted by atomic mass is 16.5. The molecule has 1 N–H and O–H groups in total. The van der Waals surface area contributed by atoms with E-state index in [4.69, 9.17) is 4.52 Å². The van der Waals surface area contributed by atoms with Gasteiger partial charge < -0.3 is 9.84 Å². The van der Waals surface area contributed by atoms with Gasteiger partial charge in [-0.1, -0.05) is 41.6 Å². The van der Waals surface area contributed by atoms with Crippen molar-refractivity contribution in [3.8, 4) is 11.1 Å². The summed E-state index contributed by atoms with van der Waals surface area (Å²) in [6.07, 6.45) is 1.31. The number of hydrogen-bond acceptors (Lipinski definition) is 5. The molecule has 5 rings (SSSR count). The minimum atomic E-state index is -1.04. The number of aryl methyl sites for hydroxylation is 2. The molecule has 0 saturated carbocycles. The zero-order chi connectivity index (χ0) is 20.9. The number of likely N-dealkylation sites (tertiary alicyclic amines) is 1. The molecule has 30 heavy (non-hydrogen) atoms. The van der Waals surface area contributed by atoms with Crippen molar-refractivity contribution in [2.75, 3.05) is 18.4 Å². The Hall–Kier alpha value is -3.25. The number of benzene rings is 2. The number of fused-ring (bicyclic) bond motifs is 1. The average molecular weight is 401 g/mol. The number of carbonyl (C=O) groups excluding carboxylic acids is 2. The SMILES string of the molecule is Cc1noc(C)c1-c1ccc2c(c1)C(c1ccccc1)(N1CCCC(=O)C1)C(=O)N2. The second-order valence-electron chi connectivity index (χ2n) is 8.05. The minimum Gasteiger partial charge on any atom is -0.361 e. The number of piperidine rings is 1. The highest BCUT2D eigenvalue weighted by Crippen LogP contribution is 2.47. The molecular formula is C24H23N3O3. The molecule has 1 unspecified atom stereocenters. The second-order valence-corrected chi connectivity index (χ2v) is 8.05. The summed E-state index contributed by atoms with van der Waals surface area (Å²) in [6.45, 7) is 4.75. The van der Waals surface area contributed by atoms with Crippen molar-refractivity contribution in [2.45, 2.75) is 32.2 Å². The van der Waals surface area contributed by atoms with Gasteiger partial charge in [-0.25, -0.2) is 0 Å². The fourth-order valence-corrected chi connectivity index (χ4v) is 4.93. The summed E-state index contributed by atoms with van der Waals surface area (Å²) in [5.41, 5.74) is 4.17. The van der Waals surface area contributed by atoms with E-state index in [1.54, 1.807) is 0 Å². The Morgan fingerprint density at radius 2 is 1.90 bits per heavy atom. The molecule has 6 nitrogen and oxygen atoms in total.